The summed E-state index contributed by atoms with van der Waals surface area (Å²) in [6, 6.07) is 0. The van der Waals surface area contributed by atoms with E-state index in [0.29, 0.717) is 18.3 Å². The van der Waals surface area contributed by atoms with Gasteiger partial charge in [-0.1, -0.05) is 57.2 Å². The monoisotopic (exact) mass is 530 g/mol. The van der Waals surface area contributed by atoms with Crippen molar-refractivity contribution in [2.75, 3.05) is 0 Å². The van der Waals surface area contributed by atoms with Gasteiger partial charge in [-0.3, -0.25) is 14.4 Å². The maximum atomic E-state index is 11.2. The Labute approximate surface area is 225 Å². The molecule has 8 nitrogen and oxygen atoms in total. The van der Waals surface area contributed by atoms with Gasteiger partial charge in [0.05, 0.1) is 24.7 Å². The smallest absolute Gasteiger partial charge is 0.305 e. The van der Waals surface area contributed by atoms with Gasteiger partial charge in [0.1, 0.15) is 12.2 Å². The molecular weight excluding hydrogens is 488 g/mol. The molecule has 3 rings (SSSR count). The molecule has 1 saturated heterocycles. The summed E-state index contributed by atoms with van der Waals surface area (Å²) < 4.78 is 22.5. The van der Waals surface area contributed by atoms with Crippen LogP contribution in [0.5, 0.6) is 0 Å². The van der Waals surface area contributed by atoms with E-state index in [4.69, 9.17) is 18.9 Å². The summed E-state index contributed by atoms with van der Waals surface area (Å²) in [7, 11) is 0. The third kappa shape index (κ3) is 7.90. The highest BCUT2D eigenvalue weighted by Crippen LogP contribution is 2.48. The molecular formula is C30H42O8. The van der Waals surface area contributed by atoms with Crippen molar-refractivity contribution in [3.8, 4) is 0 Å². The van der Waals surface area contributed by atoms with E-state index in [1.807, 2.05) is 12.2 Å². The van der Waals surface area contributed by atoms with Crippen LogP contribution in [0, 0.1) is 23.7 Å². The van der Waals surface area contributed by atoms with Crippen molar-refractivity contribution in [3.63, 3.8) is 0 Å². The molecule has 0 spiro atoms. The number of aliphatic carboxylic acids is 1. The van der Waals surface area contributed by atoms with E-state index in [2.05, 4.69) is 58.9 Å². The van der Waals surface area contributed by atoms with E-state index in [0.717, 1.165) is 12.8 Å². The number of carbonyl (C=O) groups is 3. The fourth-order valence-electron chi connectivity index (χ4n) is 5.62. The highest BCUT2D eigenvalue weighted by Gasteiger charge is 2.45. The zero-order chi connectivity index (χ0) is 27.8. The van der Waals surface area contributed by atoms with Crippen molar-refractivity contribution < 1.29 is 38.4 Å². The summed E-state index contributed by atoms with van der Waals surface area (Å²) in [5, 5.41) is 9.18. The van der Waals surface area contributed by atoms with Gasteiger partial charge in [-0.05, 0) is 61.5 Å². The molecule has 0 aromatic heterocycles. The lowest BCUT2D eigenvalue weighted by atomic mass is 9.95. The van der Waals surface area contributed by atoms with Crippen molar-refractivity contribution in [3.05, 3.63) is 47.6 Å². The molecule has 0 aromatic carbocycles. The lowest BCUT2D eigenvalue weighted by Gasteiger charge is -2.38. The molecule has 2 aliphatic heterocycles. The molecule has 2 fully saturated rings. The molecule has 10 atom stereocenters. The minimum absolute atomic E-state index is 0.129. The fraction of sp³-hybridized carbons (Fsp3) is 0.633. The first-order chi connectivity index (χ1) is 18.2. The lowest BCUT2D eigenvalue weighted by molar-refractivity contribution is -0.190. The summed E-state index contributed by atoms with van der Waals surface area (Å²) in [6.07, 6.45) is 12.1. The van der Waals surface area contributed by atoms with Crippen molar-refractivity contribution in [2.24, 2.45) is 23.7 Å². The van der Waals surface area contributed by atoms with E-state index in [-0.39, 0.29) is 43.4 Å². The van der Waals surface area contributed by atoms with E-state index in [1.165, 1.54) is 11.1 Å². The number of carboxylic acid groups (broad SMARTS) is 1. The van der Waals surface area contributed by atoms with Crippen LogP contribution < -0.4 is 0 Å². The molecule has 210 valence electrons. The van der Waals surface area contributed by atoms with Crippen LogP contribution in [0.15, 0.2) is 47.6 Å². The minimum Gasteiger partial charge on any atom is -0.481 e. The predicted molar refractivity (Wildman–Crippen MR) is 142 cm³/mol. The van der Waals surface area contributed by atoms with Crippen LogP contribution in [-0.2, 0) is 33.3 Å². The Balaban J connectivity index is 1.61. The molecule has 0 aromatic rings. The van der Waals surface area contributed by atoms with Gasteiger partial charge in [-0.2, -0.15) is 0 Å². The molecule has 0 unspecified atom stereocenters. The fourth-order valence-corrected chi connectivity index (χ4v) is 5.62. The maximum absolute atomic E-state index is 11.2. The Morgan fingerprint density at radius 3 is 2.53 bits per heavy atom. The van der Waals surface area contributed by atoms with E-state index >= 15 is 0 Å². The second-order valence-electron chi connectivity index (χ2n) is 10.8. The third-order valence-corrected chi connectivity index (χ3v) is 7.95. The van der Waals surface area contributed by atoms with Gasteiger partial charge in [0, 0.05) is 6.42 Å². The molecule has 0 amide bonds. The van der Waals surface area contributed by atoms with Gasteiger partial charge in [0.2, 0.25) is 0 Å². The number of carbonyl (C=O) groups excluding carboxylic acids is 2. The zero-order valence-electron chi connectivity index (χ0n) is 23.0. The van der Waals surface area contributed by atoms with Crippen molar-refractivity contribution in [2.45, 2.75) is 96.9 Å². The number of allylic oxidation sites excluding steroid dienone is 4. The standard InChI is InChI=1S/C30H42O8/c1-6-25-19(3)8-11-26(38-25)20(4)13-18(2)7-9-23-21(5)24(23)10-12-27-30(36-17-32)28(35-16-31)14-22(37-27)15-29(33)34/h7-10,12-13,16-18,21-28,30H,6,11,14-15H2,1-5H3,(H,33,34)/b9-7+,12-10+,20-13+/t18-,21-,22+,23+,24+,25-,26-,27+,28+,30+/m1/s1. The molecule has 8 heteroatoms. The van der Waals surface area contributed by atoms with Crippen molar-refractivity contribution in [1.82, 2.24) is 0 Å². The largest absolute Gasteiger partial charge is 0.481 e. The van der Waals surface area contributed by atoms with Gasteiger partial charge >= 0.3 is 5.97 Å². The highest BCUT2D eigenvalue weighted by molar-refractivity contribution is 5.67. The average molecular weight is 531 g/mol. The normalized spacial score (nSPS) is 36.5. The van der Waals surface area contributed by atoms with Crippen molar-refractivity contribution >= 4 is 18.9 Å². The average Bonchev–Trinajstić information content (AvgIpc) is 3.50. The van der Waals surface area contributed by atoms with E-state index in [9.17, 15) is 19.5 Å². The SMILES string of the molecule is CC[C@H]1O[C@@H](/C(C)=C/[C@H](C)/C=C/[C@H]2[C@@H](C)[C@@H]2/C=C/[C@@H]2O[C@H](CC(=O)O)C[C@H](OC=O)[C@H]2OC=O)CC=C1C. The topological polar surface area (TPSA) is 108 Å². The van der Waals surface area contributed by atoms with Gasteiger partial charge in [0.25, 0.3) is 12.9 Å². The zero-order valence-corrected chi connectivity index (χ0v) is 23.0. The molecule has 0 radical (unpaired) electrons. The number of ether oxygens (including phenoxy) is 4. The summed E-state index contributed by atoms with van der Waals surface area (Å²) in [6.45, 7) is 11.4. The first-order valence-electron chi connectivity index (χ1n) is 13.6. The molecule has 2 heterocycles. The van der Waals surface area contributed by atoms with Gasteiger partial charge in [0.15, 0.2) is 6.10 Å². The minimum atomic E-state index is -1.01. The van der Waals surface area contributed by atoms with Gasteiger partial charge < -0.3 is 24.1 Å². The summed E-state index contributed by atoms with van der Waals surface area (Å²) >= 11 is 0. The first kappa shape index (κ1) is 29.8. The molecule has 1 aliphatic carbocycles. The Morgan fingerprint density at radius 2 is 1.87 bits per heavy atom. The summed E-state index contributed by atoms with van der Waals surface area (Å²) in [5.41, 5.74) is 2.57. The number of carboxylic acids is 1. The number of hydrogen-bond donors (Lipinski definition) is 1. The molecule has 0 bridgehead atoms. The van der Waals surface area contributed by atoms with Crippen molar-refractivity contribution in [1.29, 1.82) is 0 Å². The van der Waals surface area contributed by atoms with Crippen LogP contribution in [0.4, 0.5) is 0 Å². The Bertz CT molecular complexity index is 950. The van der Waals surface area contributed by atoms with Gasteiger partial charge in [-0.15, -0.1) is 0 Å². The predicted octanol–water partition coefficient (Wildman–Crippen LogP) is 4.79. The number of rotatable bonds is 13. The van der Waals surface area contributed by atoms with Crippen LogP contribution in [0.2, 0.25) is 0 Å². The van der Waals surface area contributed by atoms with Crippen LogP contribution in [0.25, 0.3) is 0 Å². The van der Waals surface area contributed by atoms with E-state index < -0.39 is 30.4 Å². The Kier molecular flexibility index (Phi) is 10.9. The molecule has 1 saturated carbocycles. The van der Waals surface area contributed by atoms with Crippen LogP contribution in [0.1, 0.15) is 60.3 Å². The third-order valence-electron chi connectivity index (χ3n) is 7.95. The Morgan fingerprint density at radius 1 is 1.16 bits per heavy atom. The van der Waals surface area contributed by atoms with Crippen LogP contribution >= 0.6 is 0 Å². The summed E-state index contributed by atoms with van der Waals surface area (Å²) in [4.78, 5) is 33.3. The maximum Gasteiger partial charge on any atom is 0.305 e. The highest BCUT2D eigenvalue weighted by atomic mass is 16.6. The summed E-state index contributed by atoms with van der Waals surface area (Å²) in [5.74, 6) is 0.353. The number of hydrogen-bond acceptors (Lipinski definition) is 7. The second kappa shape index (κ2) is 13.9. The quantitative estimate of drug-likeness (QED) is 0.267. The molecule has 3 aliphatic rings. The van der Waals surface area contributed by atoms with Crippen LogP contribution in [0.3, 0.4) is 0 Å². The van der Waals surface area contributed by atoms with E-state index in [1.54, 1.807) is 0 Å². The second-order valence-corrected chi connectivity index (χ2v) is 10.8. The van der Waals surface area contributed by atoms with Gasteiger partial charge in [-0.25, -0.2) is 0 Å². The molecule has 1 N–H and O–H groups in total. The molecule has 38 heavy (non-hydrogen) atoms. The lowest BCUT2D eigenvalue weighted by Crippen LogP contribution is -2.50. The van der Waals surface area contributed by atoms with Crippen LogP contribution in [-0.4, -0.2) is 60.6 Å². The Hall–Kier alpha value is -2.71. The first-order valence-corrected chi connectivity index (χ1v) is 13.6.